The molecule has 2 amide bonds. The lowest BCUT2D eigenvalue weighted by atomic mass is 10.0. The van der Waals surface area contributed by atoms with Crippen molar-refractivity contribution in [2.24, 2.45) is 0 Å². The van der Waals surface area contributed by atoms with Crippen LogP contribution in [0.2, 0.25) is 0 Å². The van der Waals surface area contributed by atoms with Gasteiger partial charge in [0.25, 0.3) is 0 Å². The van der Waals surface area contributed by atoms with E-state index < -0.39 is 11.6 Å². The number of amides is 2. The van der Waals surface area contributed by atoms with Gasteiger partial charge in [-0.1, -0.05) is 0 Å². The first kappa shape index (κ1) is 13.8. The maximum atomic E-state index is 12.3. The van der Waals surface area contributed by atoms with Crippen molar-refractivity contribution in [3.63, 3.8) is 0 Å². The molecule has 6 nitrogen and oxygen atoms in total. The second-order valence-corrected chi connectivity index (χ2v) is 5.17. The summed E-state index contributed by atoms with van der Waals surface area (Å²) in [5, 5.41) is 14.3. The van der Waals surface area contributed by atoms with Crippen LogP contribution >= 0.6 is 0 Å². The molecule has 6 heteroatoms. The van der Waals surface area contributed by atoms with Gasteiger partial charge in [-0.05, 0) is 27.7 Å². The summed E-state index contributed by atoms with van der Waals surface area (Å²) in [4.78, 5) is 24.7. The van der Waals surface area contributed by atoms with Gasteiger partial charge < -0.3 is 20.6 Å². The molecule has 98 valence electrons. The number of hydrogen-bond donors (Lipinski definition) is 3. The fourth-order valence-electron chi connectivity index (χ4n) is 1.98. The van der Waals surface area contributed by atoms with Crippen molar-refractivity contribution in [1.29, 1.82) is 0 Å². The quantitative estimate of drug-likeness (QED) is 0.649. The predicted octanol–water partition coefficient (Wildman–Crippen LogP) is 0.241. The molecular formula is C11H21N3O3. The first-order chi connectivity index (χ1) is 7.74. The smallest absolute Gasteiger partial charge is 0.405 e. The standard InChI is InChI=1S/C11H21N3O3/c1-7-6-14(8(2)5-12-7)9(15)11(3,4)13-10(16)17/h7-8,12-13H,5-6H2,1-4H3,(H,16,17)/t7-,8+/m1/s1. The van der Waals surface area contributed by atoms with Crippen molar-refractivity contribution in [2.45, 2.75) is 45.3 Å². The van der Waals surface area contributed by atoms with E-state index in [2.05, 4.69) is 10.6 Å². The summed E-state index contributed by atoms with van der Waals surface area (Å²) in [6, 6.07) is 0.310. The molecule has 0 aromatic carbocycles. The molecular weight excluding hydrogens is 222 g/mol. The van der Waals surface area contributed by atoms with Crippen molar-refractivity contribution in [2.75, 3.05) is 13.1 Å². The van der Waals surface area contributed by atoms with Gasteiger partial charge in [-0.2, -0.15) is 0 Å². The van der Waals surface area contributed by atoms with Gasteiger partial charge in [-0.25, -0.2) is 4.79 Å². The lowest BCUT2D eigenvalue weighted by Gasteiger charge is -2.41. The summed E-state index contributed by atoms with van der Waals surface area (Å²) in [6.45, 7) is 8.46. The number of carboxylic acid groups (broad SMARTS) is 1. The Bertz CT molecular complexity index is 317. The zero-order chi connectivity index (χ0) is 13.2. The minimum Gasteiger partial charge on any atom is -0.465 e. The average Bonchev–Trinajstić information content (AvgIpc) is 2.18. The minimum atomic E-state index is -1.18. The number of carbonyl (C=O) groups excluding carboxylic acids is 1. The van der Waals surface area contributed by atoms with Crippen LogP contribution in [0.5, 0.6) is 0 Å². The molecule has 0 saturated carbocycles. The third-order valence-corrected chi connectivity index (χ3v) is 2.98. The Morgan fingerprint density at radius 3 is 2.53 bits per heavy atom. The van der Waals surface area contributed by atoms with E-state index in [1.807, 2.05) is 13.8 Å². The fourth-order valence-corrected chi connectivity index (χ4v) is 1.98. The van der Waals surface area contributed by atoms with Crippen molar-refractivity contribution >= 4 is 12.0 Å². The average molecular weight is 243 g/mol. The molecule has 0 bridgehead atoms. The van der Waals surface area contributed by atoms with Crippen LogP contribution in [0.3, 0.4) is 0 Å². The van der Waals surface area contributed by atoms with E-state index in [0.717, 1.165) is 6.54 Å². The van der Waals surface area contributed by atoms with Crippen molar-refractivity contribution in [3.05, 3.63) is 0 Å². The topological polar surface area (TPSA) is 81.7 Å². The third kappa shape index (κ3) is 3.33. The highest BCUT2D eigenvalue weighted by molar-refractivity contribution is 5.89. The second-order valence-electron chi connectivity index (χ2n) is 5.17. The number of rotatable bonds is 2. The Kier molecular flexibility index (Phi) is 3.98. The van der Waals surface area contributed by atoms with Crippen molar-refractivity contribution in [3.8, 4) is 0 Å². The van der Waals surface area contributed by atoms with Gasteiger partial charge in [0.2, 0.25) is 5.91 Å². The van der Waals surface area contributed by atoms with Gasteiger partial charge in [0.15, 0.2) is 0 Å². The molecule has 17 heavy (non-hydrogen) atoms. The number of nitrogens with one attached hydrogen (secondary N) is 2. The number of carbonyl (C=O) groups is 2. The van der Waals surface area contributed by atoms with E-state index in [9.17, 15) is 9.59 Å². The SMILES string of the molecule is C[C@@H]1CN(C(=O)C(C)(C)NC(=O)O)[C@@H](C)CN1. The zero-order valence-electron chi connectivity index (χ0n) is 10.8. The van der Waals surface area contributed by atoms with Crippen LogP contribution in [-0.4, -0.2) is 52.7 Å². The summed E-state index contributed by atoms with van der Waals surface area (Å²) < 4.78 is 0. The molecule has 1 heterocycles. The highest BCUT2D eigenvalue weighted by atomic mass is 16.4. The molecule has 0 aromatic rings. The maximum absolute atomic E-state index is 12.3. The normalized spacial score (nSPS) is 25.5. The van der Waals surface area contributed by atoms with Crippen LogP contribution in [0.15, 0.2) is 0 Å². The number of hydrogen-bond acceptors (Lipinski definition) is 3. The fraction of sp³-hybridized carbons (Fsp3) is 0.818. The molecule has 1 aliphatic heterocycles. The Morgan fingerprint density at radius 1 is 1.41 bits per heavy atom. The van der Waals surface area contributed by atoms with E-state index in [0.29, 0.717) is 6.54 Å². The van der Waals surface area contributed by atoms with E-state index in [-0.39, 0.29) is 18.0 Å². The van der Waals surface area contributed by atoms with Crippen LogP contribution in [0.25, 0.3) is 0 Å². The largest absolute Gasteiger partial charge is 0.465 e. The lowest BCUT2D eigenvalue weighted by molar-refractivity contribution is -0.140. The number of piperazine rings is 1. The third-order valence-electron chi connectivity index (χ3n) is 2.98. The highest BCUT2D eigenvalue weighted by Gasteiger charge is 2.37. The van der Waals surface area contributed by atoms with E-state index in [1.165, 1.54) is 0 Å². The first-order valence-corrected chi connectivity index (χ1v) is 5.79. The van der Waals surface area contributed by atoms with Gasteiger partial charge >= 0.3 is 6.09 Å². The Hall–Kier alpha value is -1.30. The van der Waals surface area contributed by atoms with Gasteiger partial charge in [0.05, 0.1) is 0 Å². The molecule has 1 aliphatic rings. The van der Waals surface area contributed by atoms with Crippen molar-refractivity contribution < 1.29 is 14.7 Å². The maximum Gasteiger partial charge on any atom is 0.405 e. The summed E-state index contributed by atoms with van der Waals surface area (Å²) in [7, 11) is 0. The van der Waals surface area contributed by atoms with Crippen LogP contribution in [-0.2, 0) is 4.79 Å². The molecule has 2 atom stereocenters. The van der Waals surface area contributed by atoms with E-state index in [4.69, 9.17) is 5.11 Å². The molecule has 0 aliphatic carbocycles. The van der Waals surface area contributed by atoms with Crippen molar-refractivity contribution in [1.82, 2.24) is 15.5 Å². The minimum absolute atomic E-state index is 0.0774. The summed E-state index contributed by atoms with van der Waals surface area (Å²) in [5.74, 6) is -0.180. The molecule has 1 fully saturated rings. The predicted molar refractivity (Wildman–Crippen MR) is 63.9 cm³/mol. The van der Waals surface area contributed by atoms with Gasteiger partial charge in [-0.3, -0.25) is 4.79 Å². The van der Waals surface area contributed by atoms with Gasteiger partial charge in [-0.15, -0.1) is 0 Å². The molecule has 0 unspecified atom stereocenters. The van der Waals surface area contributed by atoms with Gasteiger partial charge in [0.1, 0.15) is 5.54 Å². The van der Waals surface area contributed by atoms with Crippen LogP contribution in [0.1, 0.15) is 27.7 Å². The van der Waals surface area contributed by atoms with E-state index >= 15 is 0 Å². The molecule has 1 rings (SSSR count). The van der Waals surface area contributed by atoms with E-state index in [1.54, 1.807) is 18.7 Å². The molecule has 1 saturated heterocycles. The highest BCUT2D eigenvalue weighted by Crippen LogP contribution is 2.14. The molecule has 0 spiro atoms. The van der Waals surface area contributed by atoms with Gasteiger partial charge in [0, 0.05) is 25.2 Å². The zero-order valence-corrected chi connectivity index (χ0v) is 10.8. The molecule has 3 N–H and O–H groups in total. The Labute approximate surface area is 101 Å². The number of nitrogens with zero attached hydrogens (tertiary/aromatic N) is 1. The lowest BCUT2D eigenvalue weighted by Crippen LogP contribution is -2.63. The van der Waals surface area contributed by atoms with Crippen LogP contribution in [0.4, 0.5) is 4.79 Å². The summed E-state index contributed by atoms with van der Waals surface area (Å²) in [5.41, 5.74) is -1.09. The van der Waals surface area contributed by atoms with Crippen LogP contribution in [0, 0.1) is 0 Å². The second kappa shape index (κ2) is 4.91. The molecule has 0 aromatic heterocycles. The molecule has 0 radical (unpaired) electrons. The Balaban J connectivity index is 2.76. The van der Waals surface area contributed by atoms with Crippen LogP contribution < -0.4 is 10.6 Å². The first-order valence-electron chi connectivity index (χ1n) is 5.79. The summed E-state index contributed by atoms with van der Waals surface area (Å²) >= 11 is 0. The monoisotopic (exact) mass is 243 g/mol. The Morgan fingerprint density at radius 2 is 2.00 bits per heavy atom. The summed E-state index contributed by atoms with van der Waals surface area (Å²) in [6.07, 6.45) is -1.18.